The van der Waals surface area contributed by atoms with Crippen molar-refractivity contribution in [1.82, 2.24) is 9.97 Å². The molecule has 0 radical (unpaired) electrons. The van der Waals surface area contributed by atoms with Gasteiger partial charge < -0.3 is 9.32 Å². The lowest BCUT2D eigenvalue weighted by atomic mass is 9.99. The minimum Gasteiger partial charge on any atom is -0.454 e. The monoisotopic (exact) mass is 537 g/mol. The predicted molar refractivity (Wildman–Crippen MR) is 171 cm³/mol. The Hall–Kier alpha value is -5.74. The predicted octanol–water partition coefficient (Wildman–Crippen LogP) is 10.3. The van der Waals surface area contributed by atoms with Crippen LogP contribution in [0, 0.1) is 0 Å². The van der Waals surface area contributed by atoms with E-state index < -0.39 is 0 Å². The second-order valence-electron chi connectivity index (χ2n) is 10.7. The van der Waals surface area contributed by atoms with E-state index in [0.29, 0.717) is 0 Å². The summed E-state index contributed by atoms with van der Waals surface area (Å²) in [5.74, 6) is 0. The van der Waals surface area contributed by atoms with Gasteiger partial charge in [0.1, 0.15) is 5.58 Å². The average Bonchev–Trinajstić information content (AvgIpc) is 3.60. The standard InChI is InChI=1S/C38H23N3O/c1-2-15-36-29(10-1)32-13-5-14-35(38(32)42-36)41(26-9-6-20-39-22-26)27-17-19-34(40-23-27)25-16-18-28-30-11-3-7-24-8-4-12-31(37(24)30)33(28)21-25/h1-23H. The molecule has 3 heterocycles. The molecule has 0 N–H and O–H groups in total. The minimum absolute atomic E-state index is 0.832. The molecule has 9 rings (SSSR count). The number of furan rings is 1. The SMILES string of the molecule is c1cncc(N(c2ccc(-c3ccc4c(c3)-c3cccc5cccc-4c35)nc2)c2cccc3c2oc2ccccc23)c1. The topological polar surface area (TPSA) is 42.2 Å². The molecule has 3 aromatic heterocycles. The Kier molecular flexibility index (Phi) is 4.87. The molecule has 4 nitrogen and oxygen atoms in total. The molecule has 1 aliphatic rings. The van der Waals surface area contributed by atoms with Gasteiger partial charge in [-0.05, 0) is 75.5 Å². The Morgan fingerprint density at radius 2 is 1.38 bits per heavy atom. The summed E-state index contributed by atoms with van der Waals surface area (Å²) in [4.78, 5) is 11.6. The van der Waals surface area contributed by atoms with Crippen molar-refractivity contribution in [3.8, 4) is 33.5 Å². The van der Waals surface area contributed by atoms with Gasteiger partial charge in [0.2, 0.25) is 0 Å². The molecule has 196 valence electrons. The third-order valence-electron chi connectivity index (χ3n) is 8.33. The van der Waals surface area contributed by atoms with E-state index >= 15 is 0 Å². The maximum absolute atomic E-state index is 6.41. The Balaban J connectivity index is 1.16. The first-order valence-corrected chi connectivity index (χ1v) is 14.1. The summed E-state index contributed by atoms with van der Waals surface area (Å²) in [5, 5.41) is 4.79. The van der Waals surface area contributed by atoms with Crippen LogP contribution >= 0.6 is 0 Å². The van der Waals surface area contributed by atoms with Crippen molar-refractivity contribution < 1.29 is 4.42 Å². The summed E-state index contributed by atoms with van der Waals surface area (Å²) in [7, 11) is 0. The van der Waals surface area contributed by atoms with Crippen molar-refractivity contribution in [2.75, 3.05) is 4.90 Å². The van der Waals surface area contributed by atoms with Crippen LogP contribution in [0.1, 0.15) is 0 Å². The summed E-state index contributed by atoms with van der Waals surface area (Å²) in [6.45, 7) is 0. The zero-order valence-corrected chi connectivity index (χ0v) is 22.5. The van der Waals surface area contributed by atoms with Crippen LogP contribution in [0.25, 0.3) is 66.2 Å². The Morgan fingerprint density at radius 1 is 0.571 bits per heavy atom. The number of aromatic nitrogens is 2. The number of nitrogens with zero attached hydrogens (tertiary/aromatic N) is 3. The van der Waals surface area contributed by atoms with Crippen LogP contribution in [-0.2, 0) is 0 Å². The first-order chi connectivity index (χ1) is 20.8. The highest BCUT2D eigenvalue weighted by atomic mass is 16.3. The molecule has 0 amide bonds. The van der Waals surface area contributed by atoms with Gasteiger partial charge in [0.25, 0.3) is 0 Å². The quantitative estimate of drug-likeness (QED) is 0.224. The van der Waals surface area contributed by atoms with Gasteiger partial charge >= 0.3 is 0 Å². The smallest absolute Gasteiger partial charge is 0.159 e. The number of rotatable bonds is 4. The molecule has 0 atom stereocenters. The Morgan fingerprint density at radius 3 is 2.21 bits per heavy atom. The molecule has 0 fully saturated rings. The van der Waals surface area contributed by atoms with E-state index in [4.69, 9.17) is 9.40 Å². The zero-order valence-electron chi connectivity index (χ0n) is 22.5. The summed E-state index contributed by atoms with van der Waals surface area (Å²) in [6, 6.07) is 42.5. The molecular formula is C38H23N3O. The van der Waals surface area contributed by atoms with E-state index in [1.807, 2.05) is 36.7 Å². The maximum atomic E-state index is 6.41. The molecule has 8 aromatic rings. The highest BCUT2D eigenvalue weighted by Gasteiger charge is 2.22. The zero-order chi connectivity index (χ0) is 27.6. The minimum atomic E-state index is 0.832. The summed E-state index contributed by atoms with van der Waals surface area (Å²) >= 11 is 0. The van der Waals surface area contributed by atoms with Crippen molar-refractivity contribution in [3.63, 3.8) is 0 Å². The average molecular weight is 538 g/mol. The highest BCUT2D eigenvalue weighted by Crippen LogP contribution is 2.48. The fourth-order valence-electron chi connectivity index (χ4n) is 6.46. The summed E-state index contributed by atoms with van der Waals surface area (Å²) in [5.41, 5.74) is 11.7. The molecule has 0 saturated carbocycles. The molecule has 0 spiro atoms. The molecule has 0 saturated heterocycles. The van der Waals surface area contributed by atoms with Gasteiger partial charge in [-0.3, -0.25) is 9.97 Å². The molecule has 0 unspecified atom stereocenters. The van der Waals surface area contributed by atoms with E-state index in [2.05, 4.69) is 107 Å². The first-order valence-electron chi connectivity index (χ1n) is 14.1. The third-order valence-corrected chi connectivity index (χ3v) is 8.33. The van der Waals surface area contributed by atoms with E-state index in [1.165, 1.54) is 33.0 Å². The number of hydrogen-bond acceptors (Lipinski definition) is 4. The maximum Gasteiger partial charge on any atom is 0.159 e. The number of pyridine rings is 2. The molecule has 42 heavy (non-hydrogen) atoms. The van der Waals surface area contributed by atoms with Crippen LogP contribution in [0.15, 0.2) is 144 Å². The number of benzene rings is 5. The van der Waals surface area contributed by atoms with E-state index in [1.54, 1.807) is 6.20 Å². The van der Waals surface area contributed by atoms with Gasteiger partial charge in [-0.1, -0.05) is 78.9 Å². The Labute approximate surface area is 242 Å². The van der Waals surface area contributed by atoms with Crippen molar-refractivity contribution >= 4 is 49.8 Å². The summed E-state index contributed by atoms with van der Waals surface area (Å²) < 4.78 is 6.41. The van der Waals surface area contributed by atoms with Crippen LogP contribution in [0.4, 0.5) is 17.1 Å². The van der Waals surface area contributed by atoms with E-state index in [0.717, 1.165) is 50.3 Å². The van der Waals surface area contributed by atoms with E-state index in [9.17, 15) is 0 Å². The molecule has 1 aliphatic carbocycles. The second kappa shape index (κ2) is 8.88. The van der Waals surface area contributed by atoms with Crippen LogP contribution in [0.5, 0.6) is 0 Å². The van der Waals surface area contributed by atoms with Crippen molar-refractivity contribution in [2.45, 2.75) is 0 Å². The fraction of sp³-hybridized carbons (Fsp3) is 0. The largest absolute Gasteiger partial charge is 0.454 e. The van der Waals surface area contributed by atoms with Gasteiger partial charge in [0, 0.05) is 22.5 Å². The van der Waals surface area contributed by atoms with Gasteiger partial charge in [0.15, 0.2) is 5.58 Å². The lowest BCUT2D eigenvalue weighted by Crippen LogP contribution is -2.10. The van der Waals surface area contributed by atoms with Gasteiger partial charge in [-0.2, -0.15) is 0 Å². The van der Waals surface area contributed by atoms with Crippen molar-refractivity contribution in [1.29, 1.82) is 0 Å². The molecule has 0 aliphatic heterocycles. The molecule has 4 heteroatoms. The molecule has 5 aromatic carbocycles. The second-order valence-corrected chi connectivity index (χ2v) is 10.7. The highest BCUT2D eigenvalue weighted by molar-refractivity contribution is 6.15. The van der Waals surface area contributed by atoms with Gasteiger partial charge in [0.05, 0.1) is 35.1 Å². The number of hydrogen-bond donors (Lipinski definition) is 0. The van der Waals surface area contributed by atoms with Crippen molar-refractivity contribution in [2.24, 2.45) is 0 Å². The number of fused-ring (bicyclic) bond motifs is 6. The molecular weight excluding hydrogens is 514 g/mol. The van der Waals surface area contributed by atoms with Crippen LogP contribution in [0.3, 0.4) is 0 Å². The number of anilines is 3. The van der Waals surface area contributed by atoms with Gasteiger partial charge in [-0.15, -0.1) is 0 Å². The van der Waals surface area contributed by atoms with E-state index in [-0.39, 0.29) is 0 Å². The lowest BCUT2D eigenvalue weighted by molar-refractivity contribution is 0.669. The number of para-hydroxylation sites is 2. The molecule has 0 bridgehead atoms. The van der Waals surface area contributed by atoms with Crippen molar-refractivity contribution in [3.05, 3.63) is 140 Å². The summed E-state index contributed by atoms with van der Waals surface area (Å²) in [6.07, 6.45) is 5.60. The van der Waals surface area contributed by atoms with Crippen LogP contribution in [-0.4, -0.2) is 9.97 Å². The Bertz CT molecular complexity index is 2300. The van der Waals surface area contributed by atoms with Crippen LogP contribution < -0.4 is 4.90 Å². The fourth-order valence-corrected chi connectivity index (χ4v) is 6.46. The van der Waals surface area contributed by atoms with Crippen LogP contribution in [0.2, 0.25) is 0 Å². The van der Waals surface area contributed by atoms with Gasteiger partial charge in [-0.25, -0.2) is 0 Å². The lowest BCUT2D eigenvalue weighted by Gasteiger charge is -2.24. The normalized spacial score (nSPS) is 11.8. The first kappa shape index (κ1) is 23.0. The third kappa shape index (κ3) is 3.36.